The van der Waals surface area contributed by atoms with Gasteiger partial charge in [-0.3, -0.25) is 23.2 Å². The molecule has 0 saturated carbocycles. The third-order valence-electron chi connectivity index (χ3n) is 22.2. The fourth-order valence-corrected chi connectivity index (χ4v) is 16.1. The SMILES string of the molecule is C.C.CC(C)(C)c1ccc2c(c1)Cc1ncccc1-2.COC(=O)c1ccc(C)cc1-n1c2ccc(C(C)(C)C)cc2c2cccnc21.COC(=O)c1ccc(OC)cc1Br.Cc1ccc(C(C)(C)O)c(-n2c3ccc(C(C)(C)C)cc3c3cccnc32)c1.Cc1ccc2c(c1)-n1c3ncccc3c3cc(C(C)(C)C)cc(c31)C2(C)C.O=S(=O)(O)C(F)(F)F.[Br-].[CH3-].[Mg+2]. The van der Waals surface area contributed by atoms with Gasteiger partial charge in [0.1, 0.15) is 22.7 Å². The van der Waals surface area contributed by atoms with Crippen molar-refractivity contribution in [1.29, 1.82) is 0 Å². The minimum absolute atomic E-state index is 0. The molecule has 0 bridgehead atoms. The van der Waals surface area contributed by atoms with Crippen LogP contribution in [0.4, 0.5) is 13.2 Å². The first kappa shape index (κ1) is 103. The van der Waals surface area contributed by atoms with Gasteiger partial charge in [-0.25, -0.2) is 24.5 Å². The van der Waals surface area contributed by atoms with Crippen molar-refractivity contribution in [1.82, 2.24) is 33.6 Å². The van der Waals surface area contributed by atoms with Gasteiger partial charge in [-0.05, 0) is 249 Å². The van der Waals surface area contributed by atoms with Crippen LogP contribution in [-0.4, -0.2) is 114 Å². The monoisotopic (exact) mass is 1870 g/mol. The van der Waals surface area contributed by atoms with Gasteiger partial charge < -0.3 is 43.7 Å². The van der Waals surface area contributed by atoms with Crippen LogP contribution in [0.5, 0.6) is 5.75 Å². The zero-order valence-electron chi connectivity index (χ0n) is 74.8. The Labute approximate surface area is 775 Å². The van der Waals surface area contributed by atoms with Crippen molar-refractivity contribution >= 4 is 127 Å². The van der Waals surface area contributed by atoms with Gasteiger partial charge in [0.25, 0.3) is 0 Å². The number of rotatable bonds is 6. The molecule has 15 aromatic rings. The van der Waals surface area contributed by atoms with Crippen molar-refractivity contribution in [3.63, 3.8) is 0 Å². The normalized spacial score (nSPS) is 12.4. The molecule has 23 heteroatoms. The van der Waals surface area contributed by atoms with E-state index in [1.165, 1.54) is 103 Å². The summed E-state index contributed by atoms with van der Waals surface area (Å²) >= 11 is 3.25. The molecule has 17 rings (SSSR count). The number of nitrogens with zero attached hydrogens (tertiary/aromatic N) is 7. The van der Waals surface area contributed by atoms with Gasteiger partial charge in [0.15, 0.2) is 0 Å². The number of carbonyl (C=O) groups excluding carboxylic acids is 2. The number of aliphatic hydroxyl groups is 1. The molecule has 0 saturated heterocycles. The number of pyridine rings is 4. The van der Waals surface area contributed by atoms with Crippen LogP contribution in [0.1, 0.15) is 213 Å². The average Bonchev–Trinajstić information content (AvgIpc) is 1.52. The second-order valence-electron chi connectivity index (χ2n) is 36.1. The number of aryl methyl sites for hydroxylation is 3. The fourth-order valence-electron chi connectivity index (χ4n) is 15.6. The van der Waals surface area contributed by atoms with Crippen LogP contribution in [0.2, 0.25) is 0 Å². The van der Waals surface area contributed by atoms with Crippen molar-refractivity contribution in [2.45, 2.75) is 191 Å². The molecule has 1 aliphatic carbocycles. The van der Waals surface area contributed by atoms with E-state index < -0.39 is 21.2 Å². The first-order chi connectivity index (χ1) is 56.6. The number of hydrogen-bond acceptors (Lipinski definition) is 12. The second-order valence-corrected chi connectivity index (χ2v) is 38.3. The summed E-state index contributed by atoms with van der Waals surface area (Å²) in [6.07, 6.45) is 8.40. The Morgan fingerprint density at radius 3 is 1.36 bits per heavy atom. The maximum Gasteiger partial charge on any atom is 2.00 e. The van der Waals surface area contributed by atoms with Gasteiger partial charge in [0, 0.05) is 84.5 Å². The molecule has 0 amide bonds. The van der Waals surface area contributed by atoms with Gasteiger partial charge in [-0.2, -0.15) is 21.6 Å². The van der Waals surface area contributed by atoms with E-state index in [0.29, 0.717) is 21.3 Å². The summed E-state index contributed by atoms with van der Waals surface area (Å²) in [6.45, 7) is 41.7. The summed E-state index contributed by atoms with van der Waals surface area (Å²) in [5.74, 6) is -0.0266. The third kappa shape index (κ3) is 21.2. The molecule has 126 heavy (non-hydrogen) atoms. The predicted octanol–water partition coefficient (Wildman–Crippen LogP) is 22.9. The fraction of sp³-hybridized carbons (Fsp3) is 0.311. The Balaban J connectivity index is 0.000000214. The molecule has 8 heterocycles. The molecule has 16 nitrogen and oxygen atoms in total. The molecule has 1 aliphatic heterocycles. The summed E-state index contributed by atoms with van der Waals surface area (Å²) in [5.41, 5.74) is 22.1. The first-order valence-electron chi connectivity index (χ1n) is 40.0. The summed E-state index contributed by atoms with van der Waals surface area (Å²) < 4.78 is 79.4. The number of halogens is 5. The summed E-state index contributed by atoms with van der Waals surface area (Å²) in [5, 5.41) is 17.9. The topological polar surface area (TPSA) is 203 Å². The van der Waals surface area contributed by atoms with E-state index >= 15 is 0 Å². The van der Waals surface area contributed by atoms with Crippen LogP contribution in [0.15, 0.2) is 217 Å². The van der Waals surface area contributed by atoms with Crippen LogP contribution in [-0.2, 0) is 58.7 Å². The maximum atomic E-state index is 12.4. The van der Waals surface area contributed by atoms with Gasteiger partial charge >= 0.3 is 50.6 Å². The van der Waals surface area contributed by atoms with E-state index in [-0.39, 0.29) is 101 Å². The number of fused-ring (bicyclic) bond motifs is 14. The Kier molecular flexibility index (Phi) is 32.1. The molecule has 0 spiro atoms. The molecule has 660 valence electrons. The van der Waals surface area contributed by atoms with Gasteiger partial charge in [0.05, 0.1) is 77.4 Å². The maximum absolute atomic E-state index is 12.4. The van der Waals surface area contributed by atoms with Crippen LogP contribution in [0.3, 0.4) is 0 Å². The summed E-state index contributed by atoms with van der Waals surface area (Å²) in [7, 11) is -1.52. The van der Waals surface area contributed by atoms with Crippen molar-refractivity contribution < 1.29 is 72.0 Å². The van der Waals surface area contributed by atoms with E-state index in [2.05, 4.69) is 283 Å². The molecular weight excluding hydrogens is 1750 g/mol. The van der Waals surface area contributed by atoms with Crippen molar-refractivity contribution in [2.24, 2.45) is 0 Å². The van der Waals surface area contributed by atoms with Gasteiger partial charge in [-0.15, -0.1) is 0 Å². The average molecular weight is 1870 g/mol. The Morgan fingerprint density at radius 2 is 0.881 bits per heavy atom. The number of benzene rings is 8. The van der Waals surface area contributed by atoms with E-state index in [1.54, 1.807) is 31.5 Å². The number of alkyl halides is 3. The van der Waals surface area contributed by atoms with Crippen molar-refractivity contribution in [3.8, 4) is 33.9 Å². The number of esters is 2. The van der Waals surface area contributed by atoms with Crippen molar-refractivity contribution in [3.05, 3.63) is 303 Å². The van der Waals surface area contributed by atoms with Crippen LogP contribution >= 0.6 is 15.9 Å². The van der Waals surface area contributed by atoms with Crippen molar-refractivity contribution in [2.75, 3.05) is 21.3 Å². The van der Waals surface area contributed by atoms with E-state index in [4.69, 9.17) is 32.4 Å². The smallest absolute Gasteiger partial charge is 1.00 e. The number of aromatic nitrogens is 7. The number of hydrogen-bond donors (Lipinski definition) is 2. The van der Waals surface area contributed by atoms with Gasteiger partial charge in [-0.1, -0.05) is 185 Å². The quantitative estimate of drug-likeness (QED) is 0.0524. The largest absolute Gasteiger partial charge is 2.00 e. The number of carbonyl (C=O) groups is 2. The zero-order chi connectivity index (χ0) is 88.3. The molecule has 7 aromatic heterocycles. The zero-order valence-corrected chi connectivity index (χ0v) is 80.2. The molecule has 2 N–H and O–H groups in total. The molecule has 2 aliphatic rings. The molecule has 0 atom stereocenters. The number of methoxy groups -OCH3 is 3. The third-order valence-corrected chi connectivity index (χ3v) is 23.5. The molecule has 8 aromatic carbocycles. The Morgan fingerprint density at radius 1 is 0.468 bits per heavy atom. The standard InChI is InChI=1S/C25H28N2O.C25H26N2.C24H24N2O2.C16H17N.C9H9BrO3.CHF3O3S.2CH4.CH3.BrH.Mg/c1-16-9-11-20(25(5,6)28)22(14-16)27-21-12-10-17(24(2,3)4)15-19(21)18-8-7-13-26-23(18)27;1-15-9-10-19-21(12-15)27-22-18(17-8-7-11-26-23(17)27)13-16(24(2,3)4)14-20(22)25(19,5)6;1-15-8-10-18(23(27)28-5)21(13-15)26-20-11-9-16(24(2,3)4)14-19(20)17-7-6-12-25-22(17)26;1-16(2,3)12-6-7-13-11(9-12)10-15-14(13)5-4-8-17-15;1-12-6-3-4-7(8(10)5-6)9(11)13-2;2-1(3,4)8(5,6)7;;;;;/h7-15,28H,1-6H3;7-14H,1-6H3;6-14H,1-5H3;4-9H,10H2,1-3H3;3-5H,1-2H3;(H,5,6,7);2*1H4;1H3;1H;/q;;;;;;;;-1;;+2/p-1. The van der Waals surface area contributed by atoms with Crippen LogP contribution in [0, 0.1) is 28.2 Å². The van der Waals surface area contributed by atoms with E-state index in [9.17, 15) is 27.9 Å². The van der Waals surface area contributed by atoms with E-state index in [0.717, 1.165) is 78.6 Å². The molecular formula is C103H116Br2F3MgN7O9S. The molecule has 0 radical (unpaired) electrons. The molecule has 0 fully saturated rings. The Bertz CT molecular complexity index is 6660. The minimum atomic E-state index is -5.84. The van der Waals surface area contributed by atoms with E-state index in [1.807, 2.05) is 81.8 Å². The molecule has 0 unspecified atom stereocenters. The summed E-state index contributed by atoms with van der Waals surface area (Å²) in [4.78, 5) is 42.2. The summed E-state index contributed by atoms with van der Waals surface area (Å²) in [6, 6.07) is 65.4. The minimum Gasteiger partial charge on any atom is -1.00 e. The number of ether oxygens (including phenoxy) is 3. The first-order valence-corrected chi connectivity index (χ1v) is 42.2. The Hall–Kier alpha value is -10.1. The van der Waals surface area contributed by atoms with Crippen LogP contribution in [0.25, 0.3) is 94.0 Å². The predicted molar refractivity (Wildman–Crippen MR) is 511 cm³/mol. The second kappa shape index (κ2) is 39.2. The van der Waals surface area contributed by atoms with Gasteiger partial charge in [0.2, 0.25) is 0 Å². The van der Waals surface area contributed by atoms with Crippen LogP contribution < -0.4 is 21.7 Å².